The van der Waals surface area contributed by atoms with Crippen molar-refractivity contribution in [3.63, 3.8) is 0 Å². The molecule has 0 atom stereocenters. The maximum Gasteiger partial charge on any atom is 0.343 e. The highest BCUT2D eigenvalue weighted by Gasteiger charge is 2.12. The van der Waals surface area contributed by atoms with Crippen molar-refractivity contribution in [2.24, 2.45) is 7.05 Å². The summed E-state index contributed by atoms with van der Waals surface area (Å²) in [5, 5.41) is 6.66. The van der Waals surface area contributed by atoms with Gasteiger partial charge < -0.3 is 0 Å². The minimum absolute atomic E-state index is 0.0112. The number of ketones is 1. The Morgan fingerprint density at radius 1 is 1.50 bits per heavy atom. The van der Waals surface area contributed by atoms with Crippen LogP contribution in [0.5, 0.6) is 0 Å². The quantitative estimate of drug-likeness (QED) is 0.687. The molecule has 0 unspecified atom stereocenters. The van der Waals surface area contributed by atoms with E-state index in [-0.39, 0.29) is 17.2 Å². The zero-order valence-corrected chi connectivity index (χ0v) is 11.9. The van der Waals surface area contributed by atoms with E-state index in [1.807, 2.05) is 18.2 Å². The lowest BCUT2D eigenvalue weighted by atomic mass is 10.1. The van der Waals surface area contributed by atoms with Crippen molar-refractivity contribution in [2.75, 3.05) is 5.75 Å². The molecule has 0 radical (unpaired) electrons. The lowest BCUT2D eigenvalue weighted by Crippen LogP contribution is -2.13. The van der Waals surface area contributed by atoms with Gasteiger partial charge in [-0.1, -0.05) is 45.9 Å². The van der Waals surface area contributed by atoms with E-state index < -0.39 is 0 Å². The standard InChI is InChI=1S/C11H10BrN3O2S/c1-15-10(17)13-14-11(15)18-6-9(16)7-4-2-3-5-8(7)12/h2-5H,6H2,1H3,(H,13,17). The van der Waals surface area contributed by atoms with Crippen molar-refractivity contribution in [3.8, 4) is 0 Å². The number of rotatable bonds is 4. The number of carbonyl (C=O) groups excluding carboxylic acids is 1. The lowest BCUT2D eigenvalue weighted by Gasteiger charge is -2.02. The minimum atomic E-state index is -0.286. The van der Waals surface area contributed by atoms with Crippen LogP contribution in [0.4, 0.5) is 0 Å². The second kappa shape index (κ2) is 5.53. The third kappa shape index (κ3) is 2.73. The van der Waals surface area contributed by atoms with E-state index in [1.54, 1.807) is 13.1 Å². The number of aromatic amines is 1. The van der Waals surface area contributed by atoms with Gasteiger partial charge in [0, 0.05) is 17.1 Å². The molecule has 1 aromatic carbocycles. The monoisotopic (exact) mass is 327 g/mol. The molecule has 0 spiro atoms. The molecule has 1 heterocycles. The molecule has 0 amide bonds. The molecule has 18 heavy (non-hydrogen) atoms. The first-order valence-corrected chi connectivity index (χ1v) is 6.89. The molecule has 0 saturated heterocycles. The first-order chi connectivity index (χ1) is 8.59. The average Bonchev–Trinajstić information content (AvgIpc) is 2.68. The Labute approximate surface area is 116 Å². The van der Waals surface area contributed by atoms with Crippen molar-refractivity contribution >= 4 is 33.5 Å². The molecule has 0 fully saturated rings. The number of benzene rings is 1. The fraction of sp³-hybridized carbons (Fsp3) is 0.182. The van der Waals surface area contributed by atoms with Crippen molar-refractivity contribution in [2.45, 2.75) is 5.16 Å². The molecule has 2 aromatic rings. The van der Waals surface area contributed by atoms with Crippen LogP contribution in [0, 0.1) is 0 Å². The van der Waals surface area contributed by atoms with E-state index >= 15 is 0 Å². The summed E-state index contributed by atoms with van der Waals surface area (Å²) in [4.78, 5) is 23.1. The number of aromatic nitrogens is 3. The summed E-state index contributed by atoms with van der Waals surface area (Å²) in [6.07, 6.45) is 0. The molecule has 0 aliphatic rings. The van der Waals surface area contributed by atoms with E-state index in [4.69, 9.17) is 0 Å². The summed E-state index contributed by atoms with van der Waals surface area (Å²) < 4.78 is 2.14. The number of hydrogen-bond donors (Lipinski definition) is 1. The highest BCUT2D eigenvalue weighted by molar-refractivity contribution is 9.10. The molecule has 94 valence electrons. The fourth-order valence-corrected chi connectivity index (χ4v) is 2.67. The van der Waals surface area contributed by atoms with Crippen LogP contribution in [0.15, 0.2) is 38.7 Å². The summed E-state index contributed by atoms with van der Waals surface area (Å²) in [6, 6.07) is 7.25. The summed E-state index contributed by atoms with van der Waals surface area (Å²) in [5.74, 6) is 0.226. The first-order valence-electron chi connectivity index (χ1n) is 5.11. The Hall–Kier alpha value is -1.34. The van der Waals surface area contributed by atoms with Crippen LogP contribution in [0.2, 0.25) is 0 Å². The molecular weight excluding hydrogens is 318 g/mol. The minimum Gasteiger partial charge on any atom is -0.293 e. The molecule has 1 N–H and O–H groups in total. The first kappa shape index (κ1) is 13.1. The van der Waals surface area contributed by atoms with Crippen LogP contribution in [-0.2, 0) is 7.05 Å². The molecule has 1 aromatic heterocycles. The third-order valence-corrected chi connectivity index (χ3v) is 4.07. The molecule has 0 aliphatic carbocycles. The molecule has 5 nitrogen and oxygen atoms in total. The van der Waals surface area contributed by atoms with E-state index in [0.29, 0.717) is 10.7 Å². The average molecular weight is 328 g/mol. The van der Waals surface area contributed by atoms with Gasteiger partial charge in [-0.3, -0.25) is 9.36 Å². The zero-order valence-electron chi connectivity index (χ0n) is 9.51. The Balaban J connectivity index is 2.08. The van der Waals surface area contributed by atoms with E-state index in [0.717, 1.165) is 4.47 Å². The second-order valence-electron chi connectivity index (χ2n) is 3.56. The van der Waals surface area contributed by atoms with Gasteiger partial charge in [-0.25, -0.2) is 9.89 Å². The number of H-pyrrole nitrogens is 1. The fourth-order valence-electron chi connectivity index (χ4n) is 1.36. The molecule has 0 bridgehead atoms. The van der Waals surface area contributed by atoms with Crippen LogP contribution in [0.25, 0.3) is 0 Å². The smallest absolute Gasteiger partial charge is 0.293 e. The summed E-state index contributed by atoms with van der Waals surface area (Å²) in [6.45, 7) is 0. The van der Waals surface area contributed by atoms with Gasteiger partial charge in [0.15, 0.2) is 10.9 Å². The van der Waals surface area contributed by atoms with Gasteiger partial charge >= 0.3 is 5.69 Å². The number of thioether (sulfide) groups is 1. The van der Waals surface area contributed by atoms with Gasteiger partial charge in [0.2, 0.25) is 0 Å². The van der Waals surface area contributed by atoms with Gasteiger partial charge in [0.05, 0.1) is 5.75 Å². The maximum atomic E-state index is 12.0. The number of carbonyl (C=O) groups is 1. The molecule has 2 rings (SSSR count). The summed E-state index contributed by atoms with van der Waals surface area (Å²) >= 11 is 4.56. The number of hydrogen-bond acceptors (Lipinski definition) is 4. The number of halogens is 1. The van der Waals surface area contributed by atoms with Gasteiger partial charge in [0.1, 0.15) is 0 Å². The maximum absolute atomic E-state index is 12.0. The van der Waals surface area contributed by atoms with E-state index in [9.17, 15) is 9.59 Å². The van der Waals surface area contributed by atoms with E-state index in [1.165, 1.54) is 16.3 Å². The van der Waals surface area contributed by atoms with Crippen LogP contribution in [-0.4, -0.2) is 26.3 Å². The Kier molecular flexibility index (Phi) is 4.03. The zero-order chi connectivity index (χ0) is 13.1. The van der Waals surface area contributed by atoms with E-state index in [2.05, 4.69) is 26.1 Å². The van der Waals surface area contributed by atoms with Gasteiger partial charge in [-0.05, 0) is 6.07 Å². The number of nitrogens with zero attached hydrogens (tertiary/aromatic N) is 2. The topological polar surface area (TPSA) is 67.8 Å². The SMILES string of the molecule is Cn1c(SCC(=O)c2ccccc2Br)n[nH]c1=O. The predicted molar refractivity (Wildman–Crippen MR) is 73.0 cm³/mol. The number of nitrogens with one attached hydrogen (secondary N) is 1. The molecule has 0 aliphatic heterocycles. The third-order valence-electron chi connectivity index (χ3n) is 2.35. The molecule has 0 saturated carbocycles. The Morgan fingerprint density at radius 3 is 2.83 bits per heavy atom. The van der Waals surface area contributed by atoms with Crippen molar-refractivity contribution in [3.05, 3.63) is 44.8 Å². The largest absolute Gasteiger partial charge is 0.343 e. The van der Waals surface area contributed by atoms with Gasteiger partial charge in [0.25, 0.3) is 0 Å². The predicted octanol–water partition coefficient (Wildman–Crippen LogP) is 1.85. The van der Waals surface area contributed by atoms with Crippen molar-refractivity contribution in [1.29, 1.82) is 0 Å². The number of Topliss-reactive ketones (excluding diaryl/α,β-unsaturated/α-hetero) is 1. The van der Waals surface area contributed by atoms with Gasteiger partial charge in [-0.15, -0.1) is 5.10 Å². The second-order valence-corrected chi connectivity index (χ2v) is 5.36. The van der Waals surface area contributed by atoms with Crippen LogP contribution in [0.1, 0.15) is 10.4 Å². The summed E-state index contributed by atoms with van der Waals surface area (Å²) in [5.41, 5.74) is 0.344. The lowest BCUT2D eigenvalue weighted by molar-refractivity contribution is 0.102. The molecular formula is C11H10BrN3O2S. The van der Waals surface area contributed by atoms with Gasteiger partial charge in [-0.2, -0.15) is 0 Å². The highest BCUT2D eigenvalue weighted by Crippen LogP contribution is 2.20. The van der Waals surface area contributed by atoms with Crippen LogP contribution < -0.4 is 5.69 Å². The molecule has 7 heteroatoms. The van der Waals surface area contributed by atoms with Crippen molar-refractivity contribution < 1.29 is 4.79 Å². The summed E-state index contributed by atoms with van der Waals surface area (Å²) in [7, 11) is 1.61. The normalized spacial score (nSPS) is 10.6. The van der Waals surface area contributed by atoms with Crippen molar-refractivity contribution in [1.82, 2.24) is 14.8 Å². The van der Waals surface area contributed by atoms with Crippen LogP contribution >= 0.6 is 27.7 Å². The Bertz CT molecular complexity index is 635. The van der Waals surface area contributed by atoms with Crippen LogP contribution in [0.3, 0.4) is 0 Å². The Morgan fingerprint density at radius 2 is 2.22 bits per heavy atom. The highest BCUT2D eigenvalue weighted by atomic mass is 79.9.